The van der Waals surface area contributed by atoms with Gasteiger partial charge in [-0.05, 0) is 116 Å². The average Bonchev–Trinajstić information content (AvgIpc) is 3.70. The summed E-state index contributed by atoms with van der Waals surface area (Å²) in [6, 6.07) is 63.8. The number of nitrogens with zero attached hydrogens (tertiary/aromatic N) is 1. The maximum Gasteiger partial charge on any atom is 0.0729 e. The third-order valence-electron chi connectivity index (χ3n) is 11.4. The molecule has 1 nitrogen and oxygen atoms in total. The van der Waals surface area contributed by atoms with Gasteiger partial charge in [0.25, 0.3) is 0 Å². The zero-order valence-corrected chi connectivity index (χ0v) is 29.0. The Morgan fingerprint density at radius 1 is 0.471 bits per heavy atom. The van der Waals surface area contributed by atoms with Gasteiger partial charge in [-0.2, -0.15) is 0 Å². The Labute approximate surface area is 301 Å². The minimum absolute atomic E-state index is 0.465. The lowest BCUT2D eigenvalue weighted by molar-refractivity contribution is 0.759. The number of para-hydroxylation sites is 1. The van der Waals surface area contributed by atoms with Gasteiger partial charge >= 0.3 is 0 Å². The van der Waals surface area contributed by atoms with Crippen molar-refractivity contribution < 1.29 is 0 Å². The van der Waals surface area contributed by atoms with Gasteiger partial charge < -0.3 is 4.90 Å². The Morgan fingerprint density at radius 2 is 1.12 bits per heavy atom. The molecule has 0 bridgehead atoms. The minimum atomic E-state index is -0.465. The largest absolute Gasteiger partial charge is 0.310 e. The van der Waals surface area contributed by atoms with Crippen molar-refractivity contribution in [2.24, 2.45) is 0 Å². The maximum absolute atomic E-state index is 2.52. The molecule has 0 saturated heterocycles. The number of rotatable bonds is 4. The van der Waals surface area contributed by atoms with Gasteiger partial charge in [0.05, 0.1) is 5.41 Å². The smallest absolute Gasteiger partial charge is 0.0729 e. The molecule has 0 amide bonds. The lowest BCUT2D eigenvalue weighted by Crippen LogP contribution is -2.33. The highest BCUT2D eigenvalue weighted by molar-refractivity contribution is 7.25. The predicted molar refractivity (Wildman–Crippen MR) is 217 cm³/mol. The Hall–Kier alpha value is -5.96. The number of hydrogen-bond donors (Lipinski definition) is 0. The van der Waals surface area contributed by atoms with Crippen LogP contribution in [0.5, 0.6) is 0 Å². The van der Waals surface area contributed by atoms with Gasteiger partial charge in [-0.25, -0.2) is 0 Å². The molecule has 9 aromatic rings. The van der Waals surface area contributed by atoms with E-state index < -0.39 is 5.41 Å². The third kappa shape index (κ3) is 3.86. The molecule has 0 N–H and O–H groups in total. The molecule has 1 unspecified atom stereocenters. The first kappa shape index (κ1) is 28.8. The van der Waals surface area contributed by atoms with E-state index in [1.54, 1.807) is 0 Å². The van der Waals surface area contributed by atoms with Crippen molar-refractivity contribution in [1.29, 1.82) is 0 Å². The van der Waals surface area contributed by atoms with Crippen LogP contribution in [-0.4, -0.2) is 0 Å². The van der Waals surface area contributed by atoms with Crippen LogP contribution in [0.25, 0.3) is 53.2 Å². The van der Waals surface area contributed by atoms with Gasteiger partial charge in [-0.3, -0.25) is 0 Å². The van der Waals surface area contributed by atoms with Gasteiger partial charge in [0.1, 0.15) is 0 Å². The molecule has 1 aromatic heterocycles. The van der Waals surface area contributed by atoms with E-state index in [2.05, 4.69) is 182 Å². The monoisotopic (exact) mass is 667 g/mol. The molecule has 51 heavy (non-hydrogen) atoms. The molecule has 240 valence electrons. The standard InChI is InChI=1S/C49H33NS/c1-2-31-23-24-32-13-12-19-40-37-17-7-10-21-43(37)49(48(31)47(32)40)42-20-9-6-16-36(42)38-27-25-35(30-44(38)49)50(33-14-4-3-5-15-33)34-26-28-46-41(29-34)39-18-8-11-22-45(39)51-46/h3-30H,2H2,1H3. The topological polar surface area (TPSA) is 3.24 Å². The Kier molecular flexibility index (Phi) is 6.09. The van der Waals surface area contributed by atoms with Crippen LogP contribution < -0.4 is 4.90 Å². The summed E-state index contributed by atoms with van der Waals surface area (Å²) in [5.74, 6) is 0. The molecular weight excluding hydrogens is 635 g/mol. The SMILES string of the molecule is CCc1ccc2cccc3c2c1C1(c2ccccc2-c2ccc(N(c4ccccc4)c4ccc5sc6ccccc6c5c4)cc21)c1ccccc1-3. The van der Waals surface area contributed by atoms with Crippen molar-refractivity contribution in [1.82, 2.24) is 0 Å². The van der Waals surface area contributed by atoms with Crippen molar-refractivity contribution in [3.8, 4) is 22.3 Å². The minimum Gasteiger partial charge on any atom is -0.310 e. The zero-order chi connectivity index (χ0) is 33.7. The number of fused-ring (bicyclic) bond motifs is 12. The number of hydrogen-bond acceptors (Lipinski definition) is 2. The quantitative estimate of drug-likeness (QED) is 0.181. The van der Waals surface area contributed by atoms with Crippen LogP contribution in [0, 0.1) is 0 Å². The zero-order valence-electron chi connectivity index (χ0n) is 28.2. The third-order valence-corrected chi connectivity index (χ3v) is 12.6. The van der Waals surface area contributed by atoms with Crippen molar-refractivity contribution in [2.75, 3.05) is 4.90 Å². The molecule has 0 fully saturated rings. The van der Waals surface area contributed by atoms with Crippen molar-refractivity contribution in [3.63, 3.8) is 0 Å². The van der Waals surface area contributed by atoms with Crippen LogP contribution in [-0.2, 0) is 11.8 Å². The molecule has 0 aliphatic heterocycles. The van der Waals surface area contributed by atoms with Crippen LogP contribution in [0.2, 0.25) is 0 Å². The highest BCUT2D eigenvalue weighted by Crippen LogP contribution is 2.63. The van der Waals surface area contributed by atoms with Crippen molar-refractivity contribution in [2.45, 2.75) is 18.8 Å². The summed E-state index contributed by atoms with van der Waals surface area (Å²) >= 11 is 1.87. The van der Waals surface area contributed by atoms with Crippen LogP contribution >= 0.6 is 11.3 Å². The Morgan fingerprint density at radius 3 is 1.94 bits per heavy atom. The van der Waals surface area contributed by atoms with E-state index >= 15 is 0 Å². The van der Waals surface area contributed by atoms with E-state index in [0.717, 1.165) is 23.5 Å². The number of benzene rings is 8. The summed E-state index contributed by atoms with van der Waals surface area (Å²) in [6.45, 7) is 2.31. The number of aryl methyl sites for hydroxylation is 1. The lowest BCUT2D eigenvalue weighted by Gasteiger charge is -2.41. The van der Waals surface area contributed by atoms with Crippen LogP contribution in [0.4, 0.5) is 17.1 Å². The molecule has 0 saturated carbocycles. The fourth-order valence-electron chi connectivity index (χ4n) is 9.39. The van der Waals surface area contributed by atoms with E-state index in [1.807, 2.05) is 11.3 Å². The molecule has 2 heteroatoms. The van der Waals surface area contributed by atoms with Crippen molar-refractivity contribution in [3.05, 3.63) is 198 Å². The first-order valence-electron chi connectivity index (χ1n) is 17.9. The molecule has 2 aliphatic carbocycles. The summed E-state index contributed by atoms with van der Waals surface area (Å²) in [7, 11) is 0. The van der Waals surface area contributed by atoms with Crippen LogP contribution in [0.15, 0.2) is 170 Å². The first-order chi connectivity index (χ1) is 25.3. The fourth-order valence-corrected chi connectivity index (χ4v) is 10.5. The summed E-state index contributed by atoms with van der Waals surface area (Å²) in [6.07, 6.45) is 0.964. The summed E-state index contributed by atoms with van der Waals surface area (Å²) in [4.78, 5) is 2.45. The fraction of sp³-hybridized carbons (Fsp3) is 0.0612. The molecule has 11 rings (SSSR count). The van der Waals surface area contributed by atoms with Gasteiger partial charge in [0.2, 0.25) is 0 Å². The maximum atomic E-state index is 2.52. The highest BCUT2D eigenvalue weighted by Gasteiger charge is 2.51. The van der Waals surface area contributed by atoms with E-state index in [4.69, 9.17) is 0 Å². The van der Waals surface area contributed by atoms with Gasteiger partial charge in [0, 0.05) is 37.2 Å². The first-order valence-corrected chi connectivity index (χ1v) is 18.7. The predicted octanol–water partition coefficient (Wildman–Crippen LogP) is 13.6. The summed E-state index contributed by atoms with van der Waals surface area (Å²) in [5, 5.41) is 5.31. The van der Waals surface area contributed by atoms with Crippen LogP contribution in [0.1, 0.15) is 34.7 Å². The summed E-state index contributed by atoms with van der Waals surface area (Å²) < 4.78 is 2.64. The van der Waals surface area contributed by atoms with Gasteiger partial charge in [-0.15, -0.1) is 11.3 Å². The molecule has 0 radical (unpaired) electrons. The number of anilines is 3. The summed E-state index contributed by atoms with van der Waals surface area (Å²) in [5.41, 5.74) is 15.2. The lowest BCUT2D eigenvalue weighted by atomic mass is 9.60. The molecule has 8 aromatic carbocycles. The second-order valence-corrected chi connectivity index (χ2v) is 15.0. The second kappa shape index (κ2) is 10.8. The average molecular weight is 668 g/mol. The van der Waals surface area contributed by atoms with Crippen molar-refractivity contribution >= 4 is 59.3 Å². The molecular formula is C49H33NS. The molecule has 1 heterocycles. The van der Waals surface area contributed by atoms with Gasteiger partial charge in [0.15, 0.2) is 0 Å². The molecule has 2 aliphatic rings. The molecule has 1 spiro atoms. The Bertz CT molecular complexity index is 2860. The van der Waals surface area contributed by atoms with E-state index in [0.29, 0.717) is 0 Å². The van der Waals surface area contributed by atoms with Gasteiger partial charge in [-0.1, -0.05) is 128 Å². The Balaban J connectivity index is 1.25. The second-order valence-electron chi connectivity index (χ2n) is 13.9. The van der Waals surface area contributed by atoms with Crippen LogP contribution in [0.3, 0.4) is 0 Å². The van der Waals surface area contributed by atoms with E-state index in [-0.39, 0.29) is 0 Å². The molecule has 1 atom stereocenters. The normalized spacial score (nSPS) is 15.3. The highest BCUT2D eigenvalue weighted by atomic mass is 32.1. The van der Waals surface area contributed by atoms with E-state index in [1.165, 1.54) is 81.0 Å². The number of thiophene rings is 1. The van der Waals surface area contributed by atoms with E-state index in [9.17, 15) is 0 Å².